The summed E-state index contributed by atoms with van der Waals surface area (Å²) in [4.78, 5) is 36.5. The zero-order chi connectivity index (χ0) is 18.6. The first kappa shape index (κ1) is 18.7. The number of hydrogen-bond acceptors (Lipinski definition) is 5. The molecule has 8 nitrogen and oxygen atoms in total. The predicted octanol–water partition coefficient (Wildman–Crippen LogP) is 2.85. The molecule has 0 spiro atoms. The molecule has 0 atom stereocenters. The van der Waals surface area contributed by atoms with E-state index in [0.29, 0.717) is 12.8 Å². The van der Waals surface area contributed by atoms with Crippen LogP contribution in [-0.4, -0.2) is 46.0 Å². The standard InChI is InChI=1S/C17H22N2O6/c1-3-25-14-8-7-12(11-13(14)19(23)24)15(20)18(2)17(16(21)22)9-5-4-6-10-17/h7-8,11H,3-6,9-10H2,1-2H3,(H,21,22). The smallest absolute Gasteiger partial charge is 0.329 e. The highest BCUT2D eigenvalue weighted by Crippen LogP contribution is 2.35. The zero-order valence-corrected chi connectivity index (χ0v) is 14.4. The van der Waals surface area contributed by atoms with Crippen molar-refractivity contribution in [1.82, 2.24) is 4.90 Å². The highest BCUT2D eigenvalue weighted by molar-refractivity contribution is 5.98. The fourth-order valence-electron chi connectivity index (χ4n) is 3.29. The first-order chi connectivity index (χ1) is 11.8. The van der Waals surface area contributed by atoms with Crippen LogP contribution in [0.1, 0.15) is 49.4 Å². The van der Waals surface area contributed by atoms with Crippen molar-refractivity contribution in [2.45, 2.75) is 44.6 Å². The maximum atomic E-state index is 12.8. The van der Waals surface area contributed by atoms with Crippen molar-refractivity contribution in [2.24, 2.45) is 0 Å². The van der Waals surface area contributed by atoms with Gasteiger partial charge in [0.1, 0.15) is 5.54 Å². The molecule has 1 amide bonds. The number of aliphatic carboxylic acids is 1. The summed E-state index contributed by atoms with van der Waals surface area (Å²) in [7, 11) is 1.45. The molecule has 0 heterocycles. The number of rotatable bonds is 6. The van der Waals surface area contributed by atoms with Gasteiger partial charge in [-0.3, -0.25) is 14.9 Å². The summed E-state index contributed by atoms with van der Waals surface area (Å²) >= 11 is 0. The minimum absolute atomic E-state index is 0.0730. The van der Waals surface area contributed by atoms with E-state index in [-0.39, 0.29) is 23.6 Å². The molecule has 0 saturated heterocycles. The van der Waals surface area contributed by atoms with Gasteiger partial charge in [-0.1, -0.05) is 19.3 Å². The Hall–Kier alpha value is -2.64. The molecule has 1 N–H and O–H groups in total. The van der Waals surface area contributed by atoms with E-state index in [1.165, 1.54) is 24.1 Å². The van der Waals surface area contributed by atoms with Crippen molar-refractivity contribution in [1.29, 1.82) is 0 Å². The highest BCUT2D eigenvalue weighted by atomic mass is 16.6. The number of nitro groups is 1. The van der Waals surface area contributed by atoms with E-state index >= 15 is 0 Å². The van der Waals surface area contributed by atoms with E-state index < -0.39 is 22.3 Å². The zero-order valence-electron chi connectivity index (χ0n) is 14.4. The third-order valence-corrected chi connectivity index (χ3v) is 4.73. The van der Waals surface area contributed by atoms with Gasteiger partial charge in [-0.15, -0.1) is 0 Å². The van der Waals surface area contributed by atoms with Gasteiger partial charge in [0.05, 0.1) is 11.5 Å². The Morgan fingerprint density at radius 3 is 2.48 bits per heavy atom. The van der Waals surface area contributed by atoms with Crippen LogP contribution >= 0.6 is 0 Å². The molecule has 1 aromatic carbocycles. The molecule has 1 aliphatic carbocycles. The molecule has 1 aliphatic rings. The summed E-state index contributed by atoms with van der Waals surface area (Å²) in [5.41, 5.74) is -1.50. The van der Waals surface area contributed by atoms with Crippen molar-refractivity contribution in [3.63, 3.8) is 0 Å². The van der Waals surface area contributed by atoms with E-state index in [4.69, 9.17) is 4.74 Å². The number of nitrogens with zero attached hydrogens (tertiary/aromatic N) is 2. The molecule has 25 heavy (non-hydrogen) atoms. The fraction of sp³-hybridized carbons (Fsp3) is 0.529. The molecule has 0 aliphatic heterocycles. The van der Waals surface area contributed by atoms with Crippen molar-refractivity contribution < 1.29 is 24.4 Å². The summed E-state index contributed by atoms with van der Waals surface area (Å²) in [6, 6.07) is 3.94. The summed E-state index contributed by atoms with van der Waals surface area (Å²) in [5.74, 6) is -1.50. The van der Waals surface area contributed by atoms with E-state index in [9.17, 15) is 24.8 Å². The predicted molar refractivity (Wildman–Crippen MR) is 89.8 cm³/mol. The highest BCUT2D eigenvalue weighted by Gasteiger charge is 2.45. The van der Waals surface area contributed by atoms with E-state index in [1.807, 2.05) is 0 Å². The second kappa shape index (κ2) is 7.50. The lowest BCUT2D eigenvalue weighted by atomic mass is 9.80. The van der Waals surface area contributed by atoms with Crippen LogP contribution in [0.15, 0.2) is 18.2 Å². The minimum Gasteiger partial charge on any atom is -0.487 e. The van der Waals surface area contributed by atoms with Crippen LogP contribution in [-0.2, 0) is 4.79 Å². The first-order valence-corrected chi connectivity index (χ1v) is 8.26. The van der Waals surface area contributed by atoms with Gasteiger partial charge in [0.15, 0.2) is 5.75 Å². The fourth-order valence-corrected chi connectivity index (χ4v) is 3.29. The van der Waals surface area contributed by atoms with Crippen molar-refractivity contribution >= 4 is 17.6 Å². The molecular formula is C17H22N2O6. The number of ether oxygens (including phenoxy) is 1. The Bertz CT molecular complexity index is 682. The number of carboxylic acid groups (broad SMARTS) is 1. The van der Waals surface area contributed by atoms with Gasteiger partial charge in [0.25, 0.3) is 5.91 Å². The quantitative estimate of drug-likeness (QED) is 0.624. The molecule has 1 fully saturated rings. The van der Waals surface area contributed by atoms with E-state index in [0.717, 1.165) is 25.3 Å². The van der Waals surface area contributed by atoms with Crippen LogP contribution < -0.4 is 4.74 Å². The maximum absolute atomic E-state index is 12.8. The minimum atomic E-state index is -1.26. The molecular weight excluding hydrogens is 328 g/mol. The summed E-state index contributed by atoms with van der Waals surface area (Å²) < 4.78 is 5.21. The van der Waals surface area contributed by atoms with Crippen LogP contribution in [0.4, 0.5) is 5.69 Å². The summed E-state index contributed by atoms with van der Waals surface area (Å²) in [5, 5.41) is 20.9. The normalized spacial score (nSPS) is 16.1. The third kappa shape index (κ3) is 3.57. The Labute approximate surface area is 145 Å². The third-order valence-electron chi connectivity index (χ3n) is 4.73. The number of carbonyl (C=O) groups is 2. The van der Waals surface area contributed by atoms with Crippen molar-refractivity contribution in [3.8, 4) is 5.75 Å². The average molecular weight is 350 g/mol. The van der Waals surface area contributed by atoms with Crippen molar-refractivity contribution in [2.75, 3.05) is 13.7 Å². The maximum Gasteiger partial charge on any atom is 0.329 e. The summed E-state index contributed by atoms with van der Waals surface area (Å²) in [6.07, 6.45) is 3.15. The number of benzene rings is 1. The largest absolute Gasteiger partial charge is 0.487 e. The van der Waals surface area contributed by atoms with Gasteiger partial charge in [0, 0.05) is 18.7 Å². The molecule has 136 valence electrons. The van der Waals surface area contributed by atoms with Gasteiger partial charge in [-0.25, -0.2) is 4.79 Å². The van der Waals surface area contributed by atoms with E-state index in [1.54, 1.807) is 6.92 Å². The number of hydrogen-bond donors (Lipinski definition) is 1. The molecule has 0 bridgehead atoms. The molecule has 0 radical (unpaired) electrons. The summed E-state index contributed by atoms with van der Waals surface area (Å²) in [6.45, 7) is 1.96. The van der Waals surface area contributed by atoms with Crippen LogP contribution in [0.5, 0.6) is 5.75 Å². The number of carbonyl (C=O) groups excluding carboxylic acids is 1. The second-order valence-electron chi connectivity index (χ2n) is 6.13. The van der Waals surface area contributed by atoms with Gasteiger partial charge in [-0.2, -0.15) is 0 Å². The first-order valence-electron chi connectivity index (χ1n) is 8.26. The molecule has 1 aromatic rings. The van der Waals surface area contributed by atoms with Crippen molar-refractivity contribution in [3.05, 3.63) is 33.9 Å². The second-order valence-corrected chi connectivity index (χ2v) is 6.13. The number of amides is 1. The number of likely N-dealkylation sites (N-methyl/N-ethyl adjacent to an activating group) is 1. The molecule has 0 aromatic heterocycles. The van der Waals surface area contributed by atoms with Crippen LogP contribution in [0.2, 0.25) is 0 Å². The number of nitro benzene ring substituents is 1. The average Bonchev–Trinajstić information content (AvgIpc) is 2.61. The molecule has 2 rings (SSSR count). The molecule has 1 saturated carbocycles. The lowest BCUT2D eigenvalue weighted by Gasteiger charge is -2.41. The number of carboxylic acids is 1. The van der Waals surface area contributed by atoms with Gasteiger partial charge in [0.2, 0.25) is 0 Å². The van der Waals surface area contributed by atoms with Gasteiger partial charge >= 0.3 is 11.7 Å². The monoisotopic (exact) mass is 350 g/mol. The Morgan fingerprint density at radius 1 is 1.32 bits per heavy atom. The Morgan fingerprint density at radius 2 is 1.96 bits per heavy atom. The lowest BCUT2D eigenvalue weighted by Crippen LogP contribution is -2.56. The van der Waals surface area contributed by atoms with Crippen LogP contribution in [0.3, 0.4) is 0 Å². The molecule has 0 unspecified atom stereocenters. The van der Waals surface area contributed by atoms with Crippen LogP contribution in [0, 0.1) is 10.1 Å². The van der Waals surface area contributed by atoms with Gasteiger partial charge in [-0.05, 0) is 31.9 Å². The van der Waals surface area contributed by atoms with Gasteiger partial charge < -0.3 is 14.7 Å². The topological polar surface area (TPSA) is 110 Å². The molecule has 8 heteroatoms. The SMILES string of the molecule is CCOc1ccc(C(=O)N(C)C2(C(=O)O)CCCCC2)cc1[N+](=O)[O-]. The van der Waals surface area contributed by atoms with Crippen LogP contribution in [0.25, 0.3) is 0 Å². The Balaban J connectivity index is 2.37. The van der Waals surface area contributed by atoms with E-state index in [2.05, 4.69) is 0 Å². The Kier molecular flexibility index (Phi) is 5.61. The lowest BCUT2D eigenvalue weighted by molar-refractivity contribution is -0.385.